The SMILES string of the molecule is C=C(C)CCCC(=C)C(C)(C)C. The third kappa shape index (κ3) is 5.17. The van der Waals surface area contributed by atoms with Gasteiger partial charge in [-0.05, 0) is 31.6 Å². The Hall–Kier alpha value is -0.520. The van der Waals surface area contributed by atoms with Crippen molar-refractivity contribution < 1.29 is 0 Å². The zero-order valence-corrected chi connectivity index (χ0v) is 9.04. The van der Waals surface area contributed by atoms with E-state index in [1.54, 1.807) is 0 Å². The normalized spacial score (nSPS) is 11.3. The smallest absolute Gasteiger partial charge is 0.0176 e. The van der Waals surface area contributed by atoms with E-state index in [2.05, 4.69) is 40.9 Å². The lowest BCUT2D eigenvalue weighted by Gasteiger charge is -2.21. The molecule has 0 aromatic heterocycles. The summed E-state index contributed by atoms with van der Waals surface area (Å²) in [5, 5.41) is 0. The van der Waals surface area contributed by atoms with Crippen LogP contribution in [0.1, 0.15) is 47.0 Å². The molecule has 0 nitrogen and oxygen atoms in total. The molecule has 0 aliphatic carbocycles. The van der Waals surface area contributed by atoms with Crippen molar-refractivity contribution in [2.75, 3.05) is 0 Å². The zero-order valence-electron chi connectivity index (χ0n) is 9.04. The molecule has 0 unspecified atom stereocenters. The van der Waals surface area contributed by atoms with Crippen LogP contribution in [0.15, 0.2) is 24.3 Å². The lowest BCUT2D eigenvalue weighted by molar-refractivity contribution is 0.479. The van der Waals surface area contributed by atoms with Crippen molar-refractivity contribution in [1.82, 2.24) is 0 Å². The van der Waals surface area contributed by atoms with Crippen LogP contribution in [-0.2, 0) is 0 Å². The highest BCUT2D eigenvalue weighted by Crippen LogP contribution is 2.27. The van der Waals surface area contributed by atoms with E-state index in [0.717, 1.165) is 12.8 Å². The summed E-state index contributed by atoms with van der Waals surface area (Å²) < 4.78 is 0. The molecule has 0 saturated heterocycles. The van der Waals surface area contributed by atoms with E-state index < -0.39 is 0 Å². The molecule has 70 valence electrons. The van der Waals surface area contributed by atoms with Crippen LogP contribution in [0.3, 0.4) is 0 Å². The van der Waals surface area contributed by atoms with Gasteiger partial charge in [0.15, 0.2) is 0 Å². The summed E-state index contributed by atoms with van der Waals surface area (Å²) >= 11 is 0. The average molecular weight is 166 g/mol. The van der Waals surface area contributed by atoms with Crippen molar-refractivity contribution >= 4 is 0 Å². The minimum Gasteiger partial charge on any atom is -0.100 e. The standard InChI is InChI=1S/C12H22/c1-10(2)8-7-9-11(3)12(4,5)6/h1,3,7-9H2,2,4-6H3. The maximum atomic E-state index is 4.09. The third-order valence-electron chi connectivity index (χ3n) is 2.14. The van der Waals surface area contributed by atoms with Gasteiger partial charge in [-0.3, -0.25) is 0 Å². The van der Waals surface area contributed by atoms with Crippen molar-refractivity contribution in [1.29, 1.82) is 0 Å². The van der Waals surface area contributed by atoms with Crippen LogP contribution in [-0.4, -0.2) is 0 Å². The minimum atomic E-state index is 0.273. The van der Waals surface area contributed by atoms with Crippen molar-refractivity contribution in [2.45, 2.75) is 47.0 Å². The van der Waals surface area contributed by atoms with Crippen LogP contribution >= 0.6 is 0 Å². The van der Waals surface area contributed by atoms with Crippen LogP contribution in [0.25, 0.3) is 0 Å². The van der Waals surface area contributed by atoms with Crippen molar-refractivity contribution in [3.8, 4) is 0 Å². The molecule has 0 fully saturated rings. The van der Waals surface area contributed by atoms with Gasteiger partial charge < -0.3 is 0 Å². The zero-order chi connectivity index (χ0) is 9.78. The number of allylic oxidation sites excluding steroid dienone is 2. The van der Waals surface area contributed by atoms with Crippen LogP contribution in [0.5, 0.6) is 0 Å². The lowest BCUT2D eigenvalue weighted by atomic mass is 9.84. The largest absolute Gasteiger partial charge is 0.100 e. The van der Waals surface area contributed by atoms with Gasteiger partial charge in [0.25, 0.3) is 0 Å². The Labute approximate surface area is 77.4 Å². The number of rotatable bonds is 4. The van der Waals surface area contributed by atoms with E-state index in [4.69, 9.17) is 0 Å². The van der Waals surface area contributed by atoms with Gasteiger partial charge in [-0.2, -0.15) is 0 Å². The van der Waals surface area contributed by atoms with Gasteiger partial charge in [0.2, 0.25) is 0 Å². The molecule has 12 heavy (non-hydrogen) atoms. The Bertz CT molecular complexity index is 167. The molecule has 0 aromatic rings. The second-order valence-corrected chi connectivity index (χ2v) is 4.66. The minimum absolute atomic E-state index is 0.273. The first-order valence-electron chi connectivity index (χ1n) is 4.66. The average Bonchev–Trinajstić information content (AvgIpc) is 1.84. The Morgan fingerprint density at radius 1 is 1.08 bits per heavy atom. The molecule has 0 aromatic carbocycles. The molecule has 0 radical (unpaired) electrons. The Morgan fingerprint density at radius 2 is 1.58 bits per heavy atom. The van der Waals surface area contributed by atoms with E-state index in [0.29, 0.717) is 0 Å². The molecule has 0 heterocycles. The van der Waals surface area contributed by atoms with Crippen molar-refractivity contribution in [2.24, 2.45) is 5.41 Å². The van der Waals surface area contributed by atoms with Gasteiger partial charge in [-0.15, -0.1) is 6.58 Å². The fourth-order valence-corrected chi connectivity index (χ4v) is 0.979. The maximum Gasteiger partial charge on any atom is -0.0176 e. The van der Waals surface area contributed by atoms with Crippen LogP contribution in [0.2, 0.25) is 0 Å². The van der Waals surface area contributed by atoms with E-state index in [1.165, 1.54) is 17.6 Å². The molecule has 0 amide bonds. The predicted molar refractivity (Wildman–Crippen MR) is 57.3 cm³/mol. The maximum absolute atomic E-state index is 4.09. The van der Waals surface area contributed by atoms with Gasteiger partial charge in [0.05, 0.1) is 0 Å². The first-order valence-corrected chi connectivity index (χ1v) is 4.66. The van der Waals surface area contributed by atoms with Crippen LogP contribution in [0, 0.1) is 5.41 Å². The highest BCUT2D eigenvalue weighted by atomic mass is 14.2. The summed E-state index contributed by atoms with van der Waals surface area (Å²) in [6.07, 6.45) is 3.47. The summed E-state index contributed by atoms with van der Waals surface area (Å²) in [6.45, 7) is 16.7. The van der Waals surface area contributed by atoms with E-state index >= 15 is 0 Å². The molecule has 0 bridgehead atoms. The van der Waals surface area contributed by atoms with E-state index in [1.807, 2.05) is 0 Å². The van der Waals surface area contributed by atoms with Crippen LogP contribution < -0.4 is 0 Å². The molecule has 0 rings (SSSR count). The highest BCUT2D eigenvalue weighted by Gasteiger charge is 2.13. The quantitative estimate of drug-likeness (QED) is 0.545. The highest BCUT2D eigenvalue weighted by molar-refractivity contribution is 5.05. The summed E-state index contributed by atoms with van der Waals surface area (Å²) in [6, 6.07) is 0. The number of hydrogen-bond acceptors (Lipinski definition) is 0. The van der Waals surface area contributed by atoms with Crippen LogP contribution in [0.4, 0.5) is 0 Å². The fraction of sp³-hybridized carbons (Fsp3) is 0.667. The Morgan fingerprint density at radius 3 is 1.92 bits per heavy atom. The molecular formula is C12H22. The second kappa shape index (κ2) is 4.49. The molecule has 0 spiro atoms. The topological polar surface area (TPSA) is 0 Å². The Kier molecular flexibility index (Phi) is 4.30. The predicted octanol–water partition coefficient (Wildman–Crippen LogP) is 4.34. The Balaban J connectivity index is 3.66. The van der Waals surface area contributed by atoms with Gasteiger partial charge >= 0.3 is 0 Å². The molecule has 0 saturated carbocycles. The second-order valence-electron chi connectivity index (χ2n) is 4.66. The molecule has 0 heteroatoms. The molecule has 0 aliphatic rings. The summed E-state index contributed by atoms with van der Waals surface area (Å²) in [7, 11) is 0. The monoisotopic (exact) mass is 166 g/mol. The first-order chi connectivity index (χ1) is 5.34. The lowest BCUT2D eigenvalue weighted by Crippen LogP contribution is -2.08. The van der Waals surface area contributed by atoms with Gasteiger partial charge in [0.1, 0.15) is 0 Å². The van der Waals surface area contributed by atoms with Gasteiger partial charge in [0, 0.05) is 0 Å². The summed E-state index contributed by atoms with van der Waals surface area (Å²) in [5.41, 5.74) is 2.90. The molecule has 0 N–H and O–H groups in total. The van der Waals surface area contributed by atoms with Gasteiger partial charge in [-0.25, -0.2) is 0 Å². The molecular weight excluding hydrogens is 144 g/mol. The molecule has 0 aliphatic heterocycles. The summed E-state index contributed by atoms with van der Waals surface area (Å²) in [4.78, 5) is 0. The van der Waals surface area contributed by atoms with E-state index in [-0.39, 0.29) is 5.41 Å². The summed E-state index contributed by atoms with van der Waals surface area (Å²) in [5.74, 6) is 0. The first kappa shape index (κ1) is 11.5. The fourth-order valence-electron chi connectivity index (χ4n) is 0.979. The van der Waals surface area contributed by atoms with Crippen molar-refractivity contribution in [3.05, 3.63) is 24.3 Å². The third-order valence-corrected chi connectivity index (χ3v) is 2.14. The van der Waals surface area contributed by atoms with E-state index in [9.17, 15) is 0 Å². The molecule has 0 atom stereocenters. The van der Waals surface area contributed by atoms with Gasteiger partial charge in [-0.1, -0.05) is 38.5 Å². The van der Waals surface area contributed by atoms with Crippen molar-refractivity contribution in [3.63, 3.8) is 0 Å². The number of hydrogen-bond donors (Lipinski definition) is 0.